The fraction of sp³-hybridized carbons (Fsp3) is 0.300. The number of carbonyl (C=O) groups is 1. The van der Waals surface area contributed by atoms with Gasteiger partial charge in [0.15, 0.2) is 0 Å². The molecule has 0 spiro atoms. The van der Waals surface area contributed by atoms with Crippen LogP contribution < -0.4 is 4.74 Å². The highest BCUT2D eigenvalue weighted by atomic mass is 16.5. The summed E-state index contributed by atoms with van der Waals surface area (Å²) in [6.07, 6.45) is 4.54. The number of benzene rings is 2. The molecule has 1 N–H and O–H groups in total. The number of imidazole rings is 1. The summed E-state index contributed by atoms with van der Waals surface area (Å²) < 4.78 is 5.46. The summed E-state index contributed by atoms with van der Waals surface area (Å²) >= 11 is 0. The molecule has 3 aromatic rings. The maximum absolute atomic E-state index is 13.0. The van der Waals surface area contributed by atoms with Crippen molar-refractivity contribution < 1.29 is 9.53 Å². The lowest BCUT2D eigenvalue weighted by Crippen LogP contribution is -2.36. The smallest absolute Gasteiger partial charge is 0.254 e. The maximum atomic E-state index is 13.0. The van der Waals surface area contributed by atoms with Crippen molar-refractivity contribution in [2.24, 2.45) is 0 Å². The van der Waals surface area contributed by atoms with Gasteiger partial charge >= 0.3 is 0 Å². The Kier molecular flexibility index (Phi) is 4.14. The molecule has 1 atom stereocenters. The second-order valence-corrected chi connectivity index (χ2v) is 6.45. The third-order valence-electron chi connectivity index (χ3n) is 4.95. The van der Waals surface area contributed by atoms with Gasteiger partial charge in [0.2, 0.25) is 0 Å². The molecule has 0 radical (unpaired) electrons. The van der Waals surface area contributed by atoms with E-state index in [4.69, 9.17) is 4.74 Å². The number of methoxy groups -OCH3 is 1. The topological polar surface area (TPSA) is 58.2 Å². The van der Waals surface area contributed by atoms with Crippen molar-refractivity contribution in [3.8, 4) is 5.75 Å². The van der Waals surface area contributed by atoms with Crippen molar-refractivity contribution in [2.45, 2.75) is 25.3 Å². The number of hydrogen-bond acceptors (Lipinski definition) is 3. The van der Waals surface area contributed by atoms with Gasteiger partial charge in [0.25, 0.3) is 5.91 Å². The Balaban J connectivity index is 1.57. The van der Waals surface area contributed by atoms with E-state index in [-0.39, 0.29) is 11.9 Å². The Bertz CT molecular complexity index is 903. The summed E-state index contributed by atoms with van der Waals surface area (Å²) in [6, 6.07) is 13.9. The van der Waals surface area contributed by atoms with Gasteiger partial charge in [-0.3, -0.25) is 4.79 Å². The van der Waals surface area contributed by atoms with Crippen LogP contribution in [0.1, 0.15) is 28.8 Å². The number of aromatic nitrogens is 2. The fourth-order valence-electron chi connectivity index (χ4n) is 3.68. The van der Waals surface area contributed by atoms with Crippen LogP contribution in [0.15, 0.2) is 48.8 Å². The van der Waals surface area contributed by atoms with Crippen LogP contribution in [0.2, 0.25) is 0 Å². The predicted molar refractivity (Wildman–Crippen MR) is 96.9 cm³/mol. The molecule has 1 aliphatic rings. The number of nitrogens with zero attached hydrogens (tertiary/aromatic N) is 2. The monoisotopic (exact) mass is 335 g/mol. The maximum Gasteiger partial charge on any atom is 0.254 e. The molecule has 2 heterocycles. The van der Waals surface area contributed by atoms with E-state index in [1.165, 1.54) is 0 Å². The van der Waals surface area contributed by atoms with Crippen molar-refractivity contribution in [3.05, 3.63) is 59.9 Å². The van der Waals surface area contributed by atoms with E-state index in [1.54, 1.807) is 13.4 Å². The summed E-state index contributed by atoms with van der Waals surface area (Å²) in [4.78, 5) is 22.3. The van der Waals surface area contributed by atoms with Gasteiger partial charge in [-0.1, -0.05) is 18.2 Å². The van der Waals surface area contributed by atoms with E-state index in [1.807, 2.05) is 41.3 Å². The first-order valence-electron chi connectivity index (χ1n) is 8.62. The molecule has 2 aromatic carbocycles. The van der Waals surface area contributed by atoms with Gasteiger partial charge in [-0.25, -0.2) is 4.98 Å². The summed E-state index contributed by atoms with van der Waals surface area (Å²) in [7, 11) is 1.69. The average Bonchev–Trinajstić information content (AvgIpc) is 3.30. The largest absolute Gasteiger partial charge is 0.496 e. The molecule has 25 heavy (non-hydrogen) atoms. The summed E-state index contributed by atoms with van der Waals surface area (Å²) in [5, 5.41) is 0. The minimum absolute atomic E-state index is 0.0916. The van der Waals surface area contributed by atoms with E-state index >= 15 is 0 Å². The second kappa shape index (κ2) is 6.59. The standard InChI is InChI=1S/C20H21N3O2/c1-25-19-7-3-2-5-14(19)11-16-6-4-10-23(16)20(24)15-8-9-17-18(12-15)22-13-21-17/h2-3,5,7-9,12-13,16H,4,6,10-11H2,1H3,(H,21,22)/t16-/m1/s1. The lowest BCUT2D eigenvalue weighted by molar-refractivity contribution is 0.0736. The van der Waals surface area contributed by atoms with Crippen LogP contribution in [-0.4, -0.2) is 40.5 Å². The number of aromatic amines is 1. The Morgan fingerprint density at radius 2 is 2.20 bits per heavy atom. The molecule has 0 bridgehead atoms. The lowest BCUT2D eigenvalue weighted by Gasteiger charge is -2.25. The highest BCUT2D eigenvalue weighted by molar-refractivity contribution is 5.97. The van der Waals surface area contributed by atoms with Gasteiger partial charge in [-0.15, -0.1) is 0 Å². The first-order chi connectivity index (χ1) is 12.3. The number of hydrogen-bond donors (Lipinski definition) is 1. The molecule has 5 heteroatoms. The number of ether oxygens (including phenoxy) is 1. The van der Waals surface area contributed by atoms with Crippen molar-refractivity contribution in [1.29, 1.82) is 0 Å². The summed E-state index contributed by atoms with van der Waals surface area (Å²) in [5.74, 6) is 0.981. The Hall–Kier alpha value is -2.82. The van der Waals surface area contributed by atoms with Crippen LogP contribution in [0.3, 0.4) is 0 Å². The predicted octanol–water partition coefficient (Wildman–Crippen LogP) is 3.42. The van der Waals surface area contributed by atoms with Crippen LogP contribution in [-0.2, 0) is 6.42 Å². The Labute approximate surface area is 146 Å². The fourth-order valence-corrected chi connectivity index (χ4v) is 3.68. The molecule has 0 aliphatic carbocycles. The zero-order chi connectivity index (χ0) is 17.2. The van der Waals surface area contributed by atoms with Crippen molar-refractivity contribution in [2.75, 3.05) is 13.7 Å². The quantitative estimate of drug-likeness (QED) is 0.795. The van der Waals surface area contributed by atoms with E-state index in [0.717, 1.165) is 48.2 Å². The minimum atomic E-state index is 0.0916. The summed E-state index contributed by atoms with van der Waals surface area (Å²) in [5.41, 5.74) is 3.64. The van der Waals surface area contributed by atoms with Crippen LogP contribution in [0.25, 0.3) is 11.0 Å². The first kappa shape index (κ1) is 15.7. The average molecular weight is 335 g/mol. The van der Waals surface area contributed by atoms with Gasteiger partial charge in [0.05, 0.1) is 24.5 Å². The molecule has 1 saturated heterocycles. The number of H-pyrrole nitrogens is 1. The van der Waals surface area contributed by atoms with Crippen molar-refractivity contribution in [1.82, 2.24) is 14.9 Å². The SMILES string of the molecule is COc1ccccc1C[C@H]1CCCN1C(=O)c1ccc2nc[nH]c2c1. The number of para-hydroxylation sites is 1. The van der Waals surface area contributed by atoms with Gasteiger partial charge in [0.1, 0.15) is 5.75 Å². The van der Waals surface area contributed by atoms with E-state index < -0.39 is 0 Å². The van der Waals surface area contributed by atoms with Gasteiger partial charge in [0, 0.05) is 18.2 Å². The molecule has 1 amide bonds. The highest BCUT2D eigenvalue weighted by Crippen LogP contribution is 2.27. The molecular weight excluding hydrogens is 314 g/mol. The molecule has 0 unspecified atom stereocenters. The van der Waals surface area contributed by atoms with Crippen molar-refractivity contribution >= 4 is 16.9 Å². The van der Waals surface area contributed by atoms with Crippen LogP contribution in [0, 0.1) is 0 Å². The number of rotatable bonds is 4. The van der Waals surface area contributed by atoms with Gasteiger partial charge in [-0.2, -0.15) is 0 Å². The third kappa shape index (κ3) is 2.97. The van der Waals surface area contributed by atoms with E-state index in [2.05, 4.69) is 16.0 Å². The number of amides is 1. The number of likely N-dealkylation sites (tertiary alicyclic amines) is 1. The molecule has 5 nitrogen and oxygen atoms in total. The minimum Gasteiger partial charge on any atom is -0.496 e. The molecule has 0 saturated carbocycles. The van der Waals surface area contributed by atoms with Crippen molar-refractivity contribution in [3.63, 3.8) is 0 Å². The first-order valence-corrected chi connectivity index (χ1v) is 8.62. The second-order valence-electron chi connectivity index (χ2n) is 6.45. The highest BCUT2D eigenvalue weighted by Gasteiger charge is 2.30. The zero-order valence-corrected chi connectivity index (χ0v) is 14.2. The van der Waals surface area contributed by atoms with Crippen LogP contribution >= 0.6 is 0 Å². The molecule has 128 valence electrons. The molecular formula is C20H21N3O2. The third-order valence-corrected chi connectivity index (χ3v) is 4.95. The van der Waals surface area contributed by atoms with Gasteiger partial charge < -0.3 is 14.6 Å². The molecule has 1 fully saturated rings. The number of carbonyl (C=O) groups excluding carboxylic acids is 1. The molecule has 1 aliphatic heterocycles. The van der Waals surface area contributed by atoms with E-state index in [9.17, 15) is 4.79 Å². The Morgan fingerprint density at radius 1 is 1.32 bits per heavy atom. The Morgan fingerprint density at radius 3 is 3.08 bits per heavy atom. The van der Waals surface area contributed by atoms with E-state index in [0.29, 0.717) is 5.56 Å². The number of fused-ring (bicyclic) bond motifs is 1. The van der Waals surface area contributed by atoms with Crippen LogP contribution in [0.5, 0.6) is 5.75 Å². The molecule has 4 rings (SSSR count). The summed E-state index contributed by atoms with van der Waals surface area (Å²) in [6.45, 7) is 0.805. The van der Waals surface area contributed by atoms with Gasteiger partial charge in [-0.05, 0) is 49.1 Å². The molecule has 1 aromatic heterocycles. The van der Waals surface area contributed by atoms with Crippen LogP contribution in [0.4, 0.5) is 0 Å². The lowest BCUT2D eigenvalue weighted by atomic mass is 10.0. The normalized spacial score (nSPS) is 17.2. The zero-order valence-electron chi connectivity index (χ0n) is 14.2. The number of nitrogens with one attached hydrogen (secondary N) is 1.